The maximum atomic E-state index is 12.2. The average Bonchev–Trinajstić information content (AvgIpc) is 2.58. The molecule has 0 saturated carbocycles. The minimum Gasteiger partial charge on any atom is -0.445 e. The Kier molecular flexibility index (Phi) is 7.03. The predicted octanol–water partition coefficient (Wildman–Crippen LogP) is -0.539. The quantitative estimate of drug-likeness (QED) is 0.675. The van der Waals surface area contributed by atoms with Gasteiger partial charge in [0.1, 0.15) is 13.2 Å². The van der Waals surface area contributed by atoms with Crippen molar-refractivity contribution in [2.24, 2.45) is 0 Å². The fourth-order valence-electron chi connectivity index (χ4n) is 2.16. The van der Waals surface area contributed by atoms with Gasteiger partial charge in [-0.1, -0.05) is 30.3 Å². The summed E-state index contributed by atoms with van der Waals surface area (Å²) in [5, 5.41) is 8.30. The second kappa shape index (κ2) is 9.51. The molecule has 1 aromatic rings. The molecule has 1 aliphatic heterocycles. The van der Waals surface area contributed by atoms with Crippen LogP contribution in [0.5, 0.6) is 0 Å². The van der Waals surface area contributed by atoms with E-state index in [9.17, 15) is 14.4 Å². The monoisotopic (exact) mass is 334 g/mol. The molecule has 3 amide bonds. The number of carbonyl (C=O) groups is 3. The van der Waals surface area contributed by atoms with Crippen LogP contribution in [-0.4, -0.2) is 62.1 Å². The van der Waals surface area contributed by atoms with E-state index in [-0.39, 0.29) is 44.6 Å². The van der Waals surface area contributed by atoms with Crippen molar-refractivity contribution in [3.63, 3.8) is 0 Å². The molecule has 1 aromatic carbocycles. The molecule has 1 aliphatic rings. The van der Waals surface area contributed by atoms with Crippen molar-refractivity contribution in [1.29, 1.82) is 0 Å². The van der Waals surface area contributed by atoms with Gasteiger partial charge in [0, 0.05) is 26.2 Å². The van der Waals surface area contributed by atoms with E-state index in [1.54, 1.807) is 0 Å². The van der Waals surface area contributed by atoms with E-state index in [1.807, 2.05) is 30.3 Å². The summed E-state index contributed by atoms with van der Waals surface area (Å²) in [6.07, 6.45) is -0.585. The van der Waals surface area contributed by atoms with Crippen LogP contribution in [0.4, 0.5) is 4.79 Å². The first-order valence-corrected chi connectivity index (χ1v) is 7.85. The SMILES string of the molecule is O=C1CNCCNC(=O)CN(C(=O)OCc2ccccc2)CCN1. The molecule has 0 aromatic heterocycles. The Hall–Kier alpha value is -2.61. The molecule has 0 aliphatic carbocycles. The molecule has 8 nitrogen and oxygen atoms in total. The second-order valence-electron chi connectivity index (χ2n) is 5.34. The summed E-state index contributed by atoms with van der Waals surface area (Å²) in [6.45, 7) is 1.53. The van der Waals surface area contributed by atoms with Gasteiger partial charge in [-0.05, 0) is 5.56 Å². The lowest BCUT2D eigenvalue weighted by Crippen LogP contribution is -2.48. The van der Waals surface area contributed by atoms with Crippen molar-refractivity contribution in [1.82, 2.24) is 20.9 Å². The van der Waals surface area contributed by atoms with Crippen LogP contribution in [0.3, 0.4) is 0 Å². The van der Waals surface area contributed by atoms with Gasteiger partial charge < -0.3 is 20.7 Å². The number of benzene rings is 1. The smallest absolute Gasteiger partial charge is 0.410 e. The Balaban J connectivity index is 1.90. The minimum absolute atomic E-state index is 0.108. The Morgan fingerprint density at radius 3 is 2.58 bits per heavy atom. The molecular weight excluding hydrogens is 312 g/mol. The number of carbonyl (C=O) groups excluding carboxylic acids is 3. The third-order valence-electron chi connectivity index (χ3n) is 3.41. The number of hydrogen-bond acceptors (Lipinski definition) is 5. The number of nitrogens with one attached hydrogen (secondary N) is 3. The lowest BCUT2D eigenvalue weighted by molar-refractivity contribution is -0.122. The van der Waals surface area contributed by atoms with Gasteiger partial charge in [-0.15, -0.1) is 0 Å². The molecule has 0 bridgehead atoms. The first-order chi connectivity index (χ1) is 11.6. The highest BCUT2D eigenvalue weighted by atomic mass is 16.6. The average molecular weight is 334 g/mol. The maximum absolute atomic E-state index is 12.2. The standard InChI is InChI=1S/C16H22N4O4/c21-14-10-17-6-7-18-15(22)11-20(9-8-19-14)16(23)24-12-13-4-2-1-3-5-13/h1-5,17H,6-12H2,(H,18,22)(H,19,21). The van der Waals surface area contributed by atoms with Crippen LogP contribution in [0.1, 0.15) is 5.56 Å². The highest BCUT2D eigenvalue weighted by Gasteiger charge is 2.19. The topological polar surface area (TPSA) is 99.8 Å². The largest absolute Gasteiger partial charge is 0.445 e. The van der Waals surface area contributed by atoms with Crippen LogP contribution < -0.4 is 16.0 Å². The van der Waals surface area contributed by atoms with Gasteiger partial charge in [0.2, 0.25) is 11.8 Å². The number of nitrogens with zero attached hydrogens (tertiary/aromatic N) is 1. The molecule has 0 atom stereocenters. The highest BCUT2D eigenvalue weighted by molar-refractivity contribution is 5.82. The molecular formula is C16H22N4O4. The van der Waals surface area contributed by atoms with Crippen molar-refractivity contribution in [3.05, 3.63) is 35.9 Å². The maximum Gasteiger partial charge on any atom is 0.410 e. The van der Waals surface area contributed by atoms with Gasteiger partial charge in [0.05, 0.1) is 6.54 Å². The summed E-state index contributed by atoms with van der Waals surface area (Å²) < 4.78 is 5.25. The van der Waals surface area contributed by atoms with Crippen molar-refractivity contribution in [3.8, 4) is 0 Å². The summed E-state index contributed by atoms with van der Waals surface area (Å²) in [4.78, 5) is 36.9. The van der Waals surface area contributed by atoms with Crippen LogP contribution in [0, 0.1) is 0 Å². The van der Waals surface area contributed by atoms with Gasteiger partial charge in [-0.2, -0.15) is 0 Å². The third kappa shape index (κ3) is 6.25. The van der Waals surface area contributed by atoms with Crippen molar-refractivity contribution in [2.45, 2.75) is 6.61 Å². The molecule has 1 fully saturated rings. The van der Waals surface area contributed by atoms with Gasteiger partial charge in [0.25, 0.3) is 0 Å². The van der Waals surface area contributed by atoms with Crippen molar-refractivity contribution >= 4 is 17.9 Å². The van der Waals surface area contributed by atoms with Gasteiger partial charge in [-0.25, -0.2) is 4.79 Å². The van der Waals surface area contributed by atoms with E-state index in [0.717, 1.165) is 5.56 Å². The molecule has 3 N–H and O–H groups in total. The normalized spacial score (nSPS) is 17.1. The Bertz CT molecular complexity index is 564. The summed E-state index contributed by atoms with van der Waals surface area (Å²) in [5.41, 5.74) is 0.865. The van der Waals surface area contributed by atoms with Crippen molar-refractivity contribution in [2.75, 3.05) is 39.3 Å². The number of ether oxygens (including phenoxy) is 1. The van der Waals surface area contributed by atoms with Crippen molar-refractivity contribution < 1.29 is 19.1 Å². The summed E-state index contributed by atoms with van der Waals surface area (Å²) in [5.74, 6) is -0.417. The van der Waals surface area contributed by atoms with E-state index in [4.69, 9.17) is 4.74 Å². The Morgan fingerprint density at radius 2 is 1.79 bits per heavy atom. The molecule has 0 spiro atoms. The number of hydrogen-bond donors (Lipinski definition) is 3. The summed E-state index contributed by atoms with van der Waals surface area (Å²) in [6, 6.07) is 9.30. The van der Waals surface area contributed by atoms with E-state index < -0.39 is 6.09 Å². The Labute approximate surface area is 140 Å². The van der Waals surface area contributed by atoms with Crippen LogP contribution in [0.2, 0.25) is 0 Å². The van der Waals surface area contributed by atoms with E-state index in [2.05, 4.69) is 16.0 Å². The zero-order chi connectivity index (χ0) is 17.2. The lowest BCUT2D eigenvalue weighted by Gasteiger charge is -2.22. The molecule has 8 heteroatoms. The first-order valence-electron chi connectivity index (χ1n) is 7.85. The third-order valence-corrected chi connectivity index (χ3v) is 3.41. The van der Waals surface area contributed by atoms with Gasteiger partial charge >= 0.3 is 6.09 Å². The molecule has 1 heterocycles. The van der Waals surface area contributed by atoms with E-state index in [0.29, 0.717) is 13.1 Å². The molecule has 0 radical (unpaired) electrons. The van der Waals surface area contributed by atoms with E-state index >= 15 is 0 Å². The number of rotatable bonds is 2. The van der Waals surface area contributed by atoms with Crippen LogP contribution >= 0.6 is 0 Å². The summed E-state index contributed by atoms with van der Waals surface area (Å²) in [7, 11) is 0. The van der Waals surface area contributed by atoms with Gasteiger partial charge in [-0.3, -0.25) is 14.5 Å². The molecule has 24 heavy (non-hydrogen) atoms. The highest BCUT2D eigenvalue weighted by Crippen LogP contribution is 2.03. The minimum atomic E-state index is -0.585. The molecule has 130 valence electrons. The zero-order valence-corrected chi connectivity index (χ0v) is 13.4. The fourth-order valence-corrected chi connectivity index (χ4v) is 2.16. The zero-order valence-electron chi connectivity index (χ0n) is 13.4. The Morgan fingerprint density at radius 1 is 1.04 bits per heavy atom. The van der Waals surface area contributed by atoms with Crippen LogP contribution in [0.25, 0.3) is 0 Å². The fraction of sp³-hybridized carbons (Fsp3) is 0.438. The van der Waals surface area contributed by atoms with Gasteiger partial charge in [0.15, 0.2) is 0 Å². The summed E-state index contributed by atoms with van der Waals surface area (Å²) >= 11 is 0. The number of amides is 3. The second-order valence-corrected chi connectivity index (χ2v) is 5.34. The van der Waals surface area contributed by atoms with Crippen LogP contribution in [-0.2, 0) is 20.9 Å². The first kappa shape index (κ1) is 17.7. The van der Waals surface area contributed by atoms with Crippen LogP contribution in [0.15, 0.2) is 30.3 Å². The molecule has 1 saturated heterocycles. The van der Waals surface area contributed by atoms with E-state index in [1.165, 1.54) is 4.90 Å². The molecule has 2 rings (SSSR count). The predicted molar refractivity (Wildman–Crippen MR) is 87.1 cm³/mol. The lowest BCUT2D eigenvalue weighted by atomic mass is 10.2. The molecule has 0 unspecified atom stereocenters.